The highest BCUT2D eigenvalue weighted by Gasteiger charge is 2.32. The van der Waals surface area contributed by atoms with Gasteiger partial charge in [0.1, 0.15) is 11.5 Å². The molecule has 2 aromatic rings. The van der Waals surface area contributed by atoms with Crippen LogP contribution in [0.5, 0.6) is 5.75 Å². The molecule has 2 rings (SSSR count). The summed E-state index contributed by atoms with van der Waals surface area (Å²) in [6, 6.07) is 5.06. The van der Waals surface area contributed by atoms with Crippen molar-refractivity contribution in [2.24, 2.45) is 0 Å². The normalized spacial score (nSPS) is 11.2. The first-order valence-corrected chi connectivity index (χ1v) is 6.21. The van der Waals surface area contributed by atoms with E-state index in [1.807, 2.05) is 0 Å². The Bertz CT molecular complexity index is 672. The van der Waals surface area contributed by atoms with Crippen LogP contribution in [-0.2, 0) is 0 Å². The highest BCUT2D eigenvalue weighted by molar-refractivity contribution is 9.10. The zero-order valence-electron chi connectivity index (χ0n) is 10.2. The van der Waals surface area contributed by atoms with Crippen molar-refractivity contribution in [3.05, 3.63) is 34.4 Å². The van der Waals surface area contributed by atoms with Crippen LogP contribution in [0.15, 0.2) is 28.7 Å². The molecule has 0 saturated carbocycles. The molecule has 0 radical (unpaired) electrons. The molecular weight excluding hydrogens is 357 g/mol. The van der Waals surface area contributed by atoms with Gasteiger partial charge in [-0.3, -0.25) is 9.89 Å². The topological polar surface area (TPSA) is 93.0 Å². The quantitative estimate of drug-likeness (QED) is 0.780. The number of alkyl halides is 3. The van der Waals surface area contributed by atoms with Crippen LogP contribution in [0, 0.1) is 0 Å². The first-order valence-electron chi connectivity index (χ1n) is 5.42. The van der Waals surface area contributed by atoms with Crippen molar-refractivity contribution in [1.82, 2.24) is 10.2 Å². The van der Waals surface area contributed by atoms with E-state index in [9.17, 15) is 18.0 Å². The first kappa shape index (κ1) is 15.2. The van der Waals surface area contributed by atoms with E-state index in [-0.39, 0.29) is 17.2 Å². The molecule has 0 aliphatic carbocycles. The number of aromatic nitrogens is 2. The Balaban J connectivity index is 2.25. The number of carbonyl (C=O) groups excluding carboxylic acids is 1. The van der Waals surface area contributed by atoms with Gasteiger partial charge in [-0.15, -0.1) is 13.2 Å². The predicted molar refractivity (Wildman–Crippen MR) is 71.8 cm³/mol. The molecule has 1 amide bonds. The van der Waals surface area contributed by atoms with Crippen LogP contribution in [-0.4, -0.2) is 22.5 Å². The minimum atomic E-state index is -4.88. The second kappa shape index (κ2) is 5.64. The summed E-state index contributed by atoms with van der Waals surface area (Å²) in [7, 11) is 0. The lowest BCUT2D eigenvalue weighted by Gasteiger charge is -2.14. The molecule has 0 aliphatic heterocycles. The minimum absolute atomic E-state index is 0.00776. The largest absolute Gasteiger partial charge is 0.573 e. The van der Waals surface area contributed by atoms with Gasteiger partial charge in [-0.2, -0.15) is 5.10 Å². The number of carbonyl (C=O) groups is 1. The van der Waals surface area contributed by atoms with E-state index in [0.29, 0.717) is 4.47 Å². The molecule has 1 aromatic carbocycles. The van der Waals surface area contributed by atoms with E-state index in [1.165, 1.54) is 18.2 Å². The van der Waals surface area contributed by atoms with E-state index in [2.05, 4.69) is 36.2 Å². The zero-order chi connectivity index (χ0) is 15.6. The highest BCUT2D eigenvalue weighted by atomic mass is 79.9. The molecule has 1 heterocycles. The van der Waals surface area contributed by atoms with E-state index in [4.69, 9.17) is 5.73 Å². The Labute approximate surface area is 124 Å². The number of hydrogen-bond donors (Lipinski definition) is 3. The summed E-state index contributed by atoms with van der Waals surface area (Å²) in [4.78, 5) is 11.8. The first-order chi connectivity index (χ1) is 9.74. The molecule has 21 heavy (non-hydrogen) atoms. The van der Waals surface area contributed by atoms with Crippen LogP contribution in [0.25, 0.3) is 0 Å². The maximum Gasteiger partial charge on any atom is 0.573 e. The predicted octanol–water partition coefficient (Wildman–Crippen LogP) is 2.91. The van der Waals surface area contributed by atoms with Gasteiger partial charge in [0, 0.05) is 10.5 Å². The second-order valence-corrected chi connectivity index (χ2v) is 4.76. The summed E-state index contributed by atoms with van der Waals surface area (Å²) < 4.78 is 41.2. The van der Waals surface area contributed by atoms with Crippen LogP contribution >= 0.6 is 15.9 Å². The van der Waals surface area contributed by atoms with Crippen molar-refractivity contribution in [3.63, 3.8) is 0 Å². The Morgan fingerprint density at radius 3 is 2.67 bits per heavy atom. The van der Waals surface area contributed by atoms with E-state index < -0.39 is 18.0 Å². The SMILES string of the molecule is Nc1cc(C(=O)Nc2ccc(Br)cc2OC(F)(F)F)[nH]n1. The number of hydrogen-bond acceptors (Lipinski definition) is 4. The van der Waals surface area contributed by atoms with Crippen LogP contribution in [0.2, 0.25) is 0 Å². The summed E-state index contributed by atoms with van der Waals surface area (Å²) >= 11 is 3.03. The third-order valence-electron chi connectivity index (χ3n) is 2.26. The summed E-state index contributed by atoms with van der Waals surface area (Å²) in [6.07, 6.45) is -4.88. The molecule has 10 heteroatoms. The van der Waals surface area contributed by atoms with Crippen molar-refractivity contribution in [2.75, 3.05) is 11.1 Å². The molecule has 6 nitrogen and oxygen atoms in total. The number of aromatic amines is 1. The Morgan fingerprint density at radius 2 is 2.10 bits per heavy atom. The number of nitrogens with one attached hydrogen (secondary N) is 2. The maximum atomic E-state index is 12.3. The molecule has 0 spiro atoms. The van der Waals surface area contributed by atoms with Crippen molar-refractivity contribution < 1.29 is 22.7 Å². The van der Waals surface area contributed by atoms with Gasteiger partial charge in [0.05, 0.1) is 5.69 Å². The number of amides is 1. The van der Waals surface area contributed by atoms with E-state index >= 15 is 0 Å². The molecular formula is C11H8BrF3N4O2. The van der Waals surface area contributed by atoms with Gasteiger partial charge in [-0.25, -0.2) is 0 Å². The zero-order valence-corrected chi connectivity index (χ0v) is 11.7. The lowest BCUT2D eigenvalue weighted by atomic mass is 10.2. The highest BCUT2D eigenvalue weighted by Crippen LogP contribution is 2.33. The average molecular weight is 365 g/mol. The Kier molecular flexibility index (Phi) is 4.07. The molecule has 0 saturated heterocycles. The summed E-state index contributed by atoms with van der Waals surface area (Å²) in [5.41, 5.74) is 5.20. The number of benzene rings is 1. The fourth-order valence-corrected chi connectivity index (χ4v) is 1.79. The minimum Gasteiger partial charge on any atom is -0.404 e. The van der Waals surface area contributed by atoms with Crippen molar-refractivity contribution in [1.29, 1.82) is 0 Å². The fraction of sp³-hybridized carbons (Fsp3) is 0.0909. The number of nitrogens with two attached hydrogens (primary N) is 1. The molecule has 4 N–H and O–H groups in total. The van der Waals surface area contributed by atoms with Gasteiger partial charge in [-0.05, 0) is 18.2 Å². The molecule has 0 unspecified atom stereocenters. The number of rotatable bonds is 3. The monoisotopic (exact) mass is 364 g/mol. The lowest BCUT2D eigenvalue weighted by molar-refractivity contribution is -0.274. The van der Waals surface area contributed by atoms with E-state index in [1.54, 1.807) is 0 Å². The maximum absolute atomic E-state index is 12.3. The molecule has 1 aromatic heterocycles. The molecule has 0 aliphatic rings. The fourth-order valence-electron chi connectivity index (χ4n) is 1.45. The summed E-state index contributed by atoms with van der Waals surface area (Å²) in [6.45, 7) is 0. The number of halogens is 4. The van der Waals surface area contributed by atoms with Crippen molar-refractivity contribution in [2.45, 2.75) is 6.36 Å². The van der Waals surface area contributed by atoms with Gasteiger partial charge in [0.15, 0.2) is 5.75 Å². The van der Waals surface area contributed by atoms with Crippen LogP contribution in [0.4, 0.5) is 24.7 Å². The van der Waals surface area contributed by atoms with Crippen LogP contribution < -0.4 is 15.8 Å². The van der Waals surface area contributed by atoms with Gasteiger partial charge in [-0.1, -0.05) is 15.9 Å². The van der Waals surface area contributed by atoms with Gasteiger partial charge < -0.3 is 15.8 Å². The second-order valence-electron chi connectivity index (χ2n) is 3.85. The Morgan fingerprint density at radius 1 is 1.38 bits per heavy atom. The third-order valence-corrected chi connectivity index (χ3v) is 2.75. The summed E-state index contributed by atoms with van der Waals surface area (Å²) in [5.74, 6) is -1.16. The third kappa shape index (κ3) is 4.12. The van der Waals surface area contributed by atoms with Crippen LogP contribution in [0.1, 0.15) is 10.5 Å². The van der Waals surface area contributed by atoms with E-state index in [0.717, 1.165) is 6.07 Å². The molecule has 0 atom stereocenters. The molecule has 0 bridgehead atoms. The number of anilines is 2. The van der Waals surface area contributed by atoms with Crippen LogP contribution in [0.3, 0.4) is 0 Å². The van der Waals surface area contributed by atoms with Crippen molar-refractivity contribution >= 4 is 33.3 Å². The van der Waals surface area contributed by atoms with Gasteiger partial charge in [0.25, 0.3) is 5.91 Å². The number of nitrogen functional groups attached to an aromatic ring is 1. The molecule has 0 fully saturated rings. The standard InChI is InChI=1S/C11H8BrF3N4O2/c12-5-1-2-6(8(3-5)21-11(13,14)15)17-10(20)7-4-9(16)19-18-7/h1-4H,(H,17,20)(H3,16,18,19). The van der Waals surface area contributed by atoms with Crippen molar-refractivity contribution in [3.8, 4) is 5.75 Å². The van der Waals surface area contributed by atoms with Gasteiger partial charge in [0.2, 0.25) is 0 Å². The lowest BCUT2D eigenvalue weighted by Crippen LogP contribution is -2.19. The average Bonchev–Trinajstić information content (AvgIpc) is 2.77. The van der Waals surface area contributed by atoms with Gasteiger partial charge >= 0.3 is 6.36 Å². The molecule has 112 valence electrons. The number of ether oxygens (including phenoxy) is 1. The smallest absolute Gasteiger partial charge is 0.404 e. The number of nitrogens with zero attached hydrogens (tertiary/aromatic N) is 1. The Hall–Kier alpha value is -2.23. The summed E-state index contributed by atoms with van der Waals surface area (Å²) in [5, 5.41) is 8.17. The number of H-pyrrole nitrogens is 1.